The molecule has 0 spiro atoms. The fraction of sp³-hybridized carbons (Fsp3) is 0.222. The van der Waals surface area contributed by atoms with Crippen molar-refractivity contribution in [2.45, 2.75) is 26.4 Å². The molecule has 2 amide bonds. The standard InChI is InChI=1S/C27H25FN2O4/c1-16(2)24(27(33)34-3)30-15-20-14-19(8-13-23(20)26(30)32)17-6-11-22(12-7-17)29-25(31)18-4-9-21(28)10-5-18/h4-14,16,24H,15H2,1-3H3,(H,29,31)/t24-/m0/s1. The Morgan fingerprint density at radius 3 is 2.24 bits per heavy atom. The molecular weight excluding hydrogens is 435 g/mol. The Kier molecular flexibility index (Phi) is 6.45. The summed E-state index contributed by atoms with van der Waals surface area (Å²) < 4.78 is 18.0. The van der Waals surface area contributed by atoms with E-state index in [-0.39, 0.29) is 17.7 Å². The minimum atomic E-state index is -0.641. The van der Waals surface area contributed by atoms with Gasteiger partial charge in [0, 0.05) is 23.4 Å². The van der Waals surface area contributed by atoms with Crippen LogP contribution in [0.5, 0.6) is 0 Å². The molecule has 1 N–H and O–H groups in total. The summed E-state index contributed by atoms with van der Waals surface area (Å²) in [6.45, 7) is 4.12. The molecular formula is C27H25FN2O4. The lowest BCUT2D eigenvalue weighted by molar-refractivity contribution is -0.147. The van der Waals surface area contributed by atoms with E-state index in [9.17, 15) is 18.8 Å². The second-order valence-corrected chi connectivity index (χ2v) is 8.56. The van der Waals surface area contributed by atoms with Crippen molar-refractivity contribution in [1.29, 1.82) is 0 Å². The summed E-state index contributed by atoms with van der Waals surface area (Å²) in [6, 6.07) is 17.6. The molecule has 0 aliphatic carbocycles. The van der Waals surface area contributed by atoms with Gasteiger partial charge in [-0.1, -0.05) is 32.0 Å². The maximum Gasteiger partial charge on any atom is 0.328 e. The van der Waals surface area contributed by atoms with Gasteiger partial charge in [-0.05, 0) is 71.1 Å². The molecule has 0 radical (unpaired) electrons. The number of rotatable bonds is 6. The Morgan fingerprint density at radius 2 is 1.62 bits per heavy atom. The number of anilines is 1. The molecule has 1 atom stereocenters. The number of methoxy groups -OCH3 is 1. The van der Waals surface area contributed by atoms with Crippen molar-refractivity contribution < 1.29 is 23.5 Å². The summed E-state index contributed by atoms with van der Waals surface area (Å²) in [5, 5.41) is 2.79. The SMILES string of the molecule is COC(=O)[C@H](C(C)C)N1Cc2cc(-c3ccc(NC(=O)c4ccc(F)cc4)cc3)ccc2C1=O. The predicted octanol–water partition coefficient (Wildman–Crippen LogP) is 4.90. The minimum Gasteiger partial charge on any atom is -0.467 e. The molecule has 1 aliphatic heterocycles. The highest BCUT2D eigenvalue weighted by atomic mass is 19.1. The van der Waals surface area contributed by atoms with E-state index < -0.39 is 17.8 Å². The predicted molar refractivity (Wildman–Crippen MR) is 127 cm³/mol. The molecule has 174 valence electrons. The Labute approximate surface area is 197 Å². The summed E-state index contributed by atoms with van der Waals surface area (Å²) >= 11 is 0. The van der Waals surface area contributed by atoms with Crippen LogP contribution in [-0.4, -0.2) is 35.8 Å². The Hall–Kier alpha value is -4.00. The molecule has 0 saturated heterocycles. The van der Waals surface area contributed by atoms with Crippen molar-refractivity contribution in [3.05, 3.63) is 89.2 Å². The van der Waals surface area contributed by atoms with Crippen molar-refractivity contribution in [3.63, 3.8) is 0 Å². The Morgan fingerprint density at radius 1 is 0.971 bits per heavy atom. The van der Waals surface area contributed by atoms with E-state index >= 15 is 0 Å². The van der Waals surface area contributed by atoms with E-state index in [0.29, 0.717) is 23.4 Å². The van der Waals surface area contributed by atoms with Gasteiger partial charge in [-0.25, -0.2) is 9.18 Å². The highest BCUT2D eigenvalue weighted by Crippen LogP contribution is 2.32. The van der Waals surface area contributed by atoms with Crippen molar-refractivity contribution >= 4 is 23.5 Å². The van der Waals surface area contributed by atoms with Crippen molar-refractivity contribution in [1.82, 2.24) is 4.90 Å². The number of benzene rings is 3. The monoisotopic (exact) mass is 460 g/mol. The molecule has 6 nitrogen and oxygen atoms in total. The molecule has 0 saturated carbocycles. The lowest BCUT2D eigenvalue weighted by Crippen LogP contribution is -2.45. The third-order valence-corrected chi connectivity index (χ3v) is 5.93. The lowest BCUT2D eigenvalue weighted by atomic mass is 10.0. The first-order valence-corrected chi connectivity index (χ1v) is 11.0. The van der Waals surface area contributed by atoms with Gasteiger partial charge in [-0.15, -0.1) is 0 Å². The highest BCUT2D eigenvalue weighted by molar-refractivity contribution is 6.04. The molecule has 4 rings (SSSR count). The highest BCUT2D eigenvalue weighted by Gasteiger charge is 2.38. The van der Waals surface area contributed by atoms with Crippen LogP contribution in [0.2, 0.25) is 0 Å². The maximum absolute atomic E-state index is 13.1. The fourth-order valence-electron chi connectivity index (χ4n) is 4.18. The number of hydrogen-bond donors (Lipinski definition) is 1. The van der Waals surface area contributed by atoms with E-state index in [1.807, 2.05) is 38.1 Å². The number of carbonyl (C=O) groups excluding carboxylic acids is 3. The molecule has 3 aromatic rings. The summed E-state index contributed by atoms with van der Waals surface area (Å²) in [5.74, 6) is -1.40. The third kappa shape index (κ3) is 4.55. The zero-order valence-corrected chi connectivity index (χ0v) is 19.2. The molecule has 0 unspecified atom stereocenters. The smallest absolute Gasteiger partial charge is 0.328 e. The third-order valence-electron chi connectivity index (χ3n) is 5.93. The van der Waals surface area contributed by atoms with E-state index in [1.165, 1.54) is 31.4 Å². The normalized spacial score (nSPS) is 13.6. The van der Waals surface area contributed by atoms with Gasteiger partial charge in [-0.3, -0.25) is 9.59 Å². The van der Waals surface area contributed by atoms with Crippen molar-refractivity contribution in [2.24, 2.45) is 5.92 Å². The summed E-state index contributed by atoms with van der Waals surface area (Å²) in [5.41, 5.74) is 4.25. The van der Waals surface area contributed by atoms with Gasteiger partial charge in [0.2, 0.25) is 0 Å². The maximum atomic E-state index is 13.1. The van der Waals surface area contributed by atoms with E-state index in [1.54, 1.807) is 23.1 Å². The van der Waals surface area contributed by atoms with Crippen LogP contribution in [-0.2, 0) is 16.1 Å². The average molecular weight is 461 g/mol. The zero-order valence-electron chi connectivity index (χ0n) is 19.2. The zero-order chi connectivity index (χ0) is 24.4. The molecule has 3 aromatic carbocycles. The van der Waals surface area contributed by atoms with Gasteiger partial charge in [0.25, 0.3) is 11.8 Å². The second kappa shape index (κ2) is 9.47. The largest absolute Gasteiger partial charge is 0.467 e. The first kappa shape index (κ1) is 23.2. The molecule has 34 heavy (non-hydrogen) atoms. The number of amides is 2. The van der Waals surface area contributed by atoms with Gasteiger partial charge in [0.15, 0.2) is 0 Å². The molecule has 0 bridgehead atoms. The molecule has 7 heteroatoms. The number of nitrogens with one attached hydrogen (secondary N) is 1. The quantitative estimate of drug-likeness (QED) is 0.531. The number of esters is 1. The van der Waals surface area contributed by atoms with Gasteiger partial charge in [-0.2, -0.15) is 0 Å². The van der Waals surface area contributed by atoms with Crippen molar-refractivity contribution in [3.8, 4) is 11.1 Å². The molecule has 0 aromatic heterocycles. The molecule has 0 fully saturated rings. The summed E-state index contributed by atoms with van der Waals surface area (Å²) in [6.07, 6.45) is 0. The average Bonchev–Trinajstić information content (AvgIpc) is 3.15. The van der Waals surface area contributed by atoms with Gasteiger partial charge in [0.1, 0.15) is 11.9 Å². The first-order chi connectivity index (χ1) is 16.3. The van der Waals surface area contributed by atoms with Crippen LogP contribution in [0.3, 0.4) is 0 Å². The number of carbonyl (C=O) groups is 3. The van der Waals surface area contributed by atoms with Gasteiger partial charge in [0.05, 0.1) is 7.11 Å². The van der Waals surface area contributed by atoms with Crippen molar-refractivity contribution in [2.75, 3.05) is 12.4 Å². The Balaban J connectivity index is 1.51. The first-order valence-electron chi connectivity index (χ1n) is 11.0. The molecule has 1 aliphatic rings. The van der Waals surface area contributed by atoms with Crippen LogP contribution in [0.25, 0.3) is 11.1 Å². The van der Waals surface area contributed by atoms with Crippen LogP contribution in [0, 0.1) is 11.7 Å². The van der Waals surface area contributed by atoms with Crippen LogP contribution in [0.1, 0.15) is 40.1 Å². The topological polar surface area (TPSA) is 75.7 Å². The van der Waals surface area contributed by atoms with Crippen LogP contribution in [0.15, 0.2) is 66.7 Å². The van der Waals surface area contributed by atoms with Gasteiger partial charge >= 0.3 is 5.97 Å². The Bertz CT molecular complexity index is 1240. The van der Waals surface area contributed by atoms with Gasteiger partial charge < -0.3 is 15.0 Å². The van der Waals surface area contributed by atoms with E-state index in [2.05, 4.69) is 5.32 Å². The second-order valence-electron chi connectivity index (χ2n) is 8.56. The van der Waals surface area contributed by atoms with Crippen LogP contribution < -0.4 is 5.32 Å². The number of nitrogens with zero attached hydrogens (tertiary/aromatic N) is 1. The minimum absolute atomic E-state index is 0.0807. The number of hydrogen-bond acceptors (Lipinski definition) is 4. The fourth-order valence-corrected chi connectivity index (χ4v) is 4.18. The lowest BCUT2D eigenvalue weighted by Gasteiger charge is -2.28. The summed E-state index contributed by atoms with van der Waals surface area (Å²) in [4.78, 5) is 39.1. The van der Waals surface area contributed by atoms with Crippen LogP contribution in [0.4, 0.5) is 10.1 Å². The summed E-state index contributed by atoms with van der Waals surface area (Å²) in [7, 11) is 1.33. The van der Waals surface area contributed by atoms with Crippen LogP contribution >= 0.6 is 0 Å². The number of halogens is 1. The van der Waals surface area contributed by atoms with E-state index in [0.717, 1.165) is 16.7 Å². The molecule has 1 heterocycles. The number of fused-ring (bicyclic) bond motifs is 1. The number of ether oxygens (including phenoxy) is 1. The van der Waals surface area contributed by atoms with E-state index in [4.69, 9.17) is 4.74 Å².